The number of aryl methyl sites for hydroxylation is 2. The van der Waals surface area contributed by atoms with E-state index in [-0.39, 0.29) is 0 Å². The molecule has 0 saturated heterocycles. The van der Waals surface area contributed by atoms with Crippen LogP contribution >= 0.6 is 0 Å². The third-order valence-corrected chi connectivity index (χ3v) is 3.70. The van der Waals surface area contributed by atoms with Gasteiger partial charge in [-0.2, -0.15) is 0 Å². The van der Waals surface area contributed by atoms with Gasteiger partial charge in [0.2, 0.25) is 0 Å². The number of carboxylic acids is 1. The van der Waals surface area contributed by atoms with E-state index in [1.54, 1.807) is 30.5 Å². The summed E-state index contributed by atoms with van der Waals surface area (Å²) in [6, 6.07) is 8.87. The zero-order chi connectivity index (χ0) is 14.6. The van der Waals surface area contributed by atoms with Gasteiger partial charge >= 0.3 is 5.97 Å². The molecule has 106 valence electrons. The van der Waals surface area contributed by atoms with Crippen LogP contribution in [0.2, 0.25) is 0 Å². The summed E-state index contributed by atoms with van der Waals surface area (Å²) in [5, 5.41) is 19.3. The van der Waals surface area contributed by atoms with Crippen molar-refractivity contribution in [2.45, 2.75) is 18.3 Å². The number of aliphatic hydroxyl groups excluding tert-OH is 1. The van der Waals surface area contributed by atoms with E-state index in [0.717, 1.165) is 5.82 Å². The van der Waals surface area contributed by atoms with Crippen LogP contribution < -0.4 is 0 Å². The van der Waals surface area contributed by atoms with Crippen molar-refractivity contribution < 1.29 is 15.0 Å². The molecule has 5 heteroatoms. The van der Waals surface area contributed by atoms with Crippen LogP contribution in [-0.2, 0) is 23.7 Å². The first-order valence-electron chi connectivity index (χ1n) is 6.46. The van der Waals surface area contributed by atoms with E-state index < -0.39 is 18.0 Å². The number of imidazole rings is 1. The van der Waals surface area contributed by atoms with E-state index in [1.807, 2.05) is 23.9 Å². The number of benzene rings is 1. The molecule has 20 heavy (non-hydrogen) atoms. The van der Waals surface area contributed by atoms with Gasteiger partial charge in [0, 0.05) is 25.9 Å². The predicted molar refractivity (Wildman–Crippen MR) is 74.4 cm³/mol. The first-order chi connectivity index (χ1) is 9.60. The number of carboxylic acid groups (broad SMARTS) is 1. The number of hydrogen-bond acceptors (Lipinski definition) is 3. The van der Waals surface area contributed by atoms with E-state index in [4.69, 9.17) is 0 Å². The Morgan fingerprint density at radius 3 is 2.55 bits per heavy atom. The highest BCUT2D eigenvalue weighted by Crippen LogP contribution is 2.29. The smallest absolute Gasteiger partial charge is 0.316 e. The molecule has 1 atom stereocenters. The van der Waals surface area contributed by atoms with Crippen LogP contribution in [0.25, 0.3) is 0 Å². The van der Waals surface area contributed by atoms with Crippen LogP contribution in [-0.4, -0.2) is 32.3 Å². The van der Waals surface area contributed by atoms with Gasteiger partial charge in [-0.25, -0.2) is 4.98 Å². The highest BCUT2D eigenvalue weighted by molar-refractivity contribution is 5.81. The SMILES string of the molecule is Cn1ccnc1CCC(CO)(C(=O)O)c1ccccc1. The molecule has 1 heterocycles. The zero-order valence-corrected chi connectivity index (χ0v) is 11.4. The third kappa shape index (κ3) is 2.58. The number of aromatic nitrogens is 2. The molecule has 0 spiro atoms. The van der Waals surface area contributed by atoms with Gasteiger partial charge in [-0.1, -0.05) is 30.3 Å². The van der Waals surface area contributed by atoms with E-state index in [9.17, 15) is 15.0 Å². The zero-order valence-electron chi connectivity index (χ0n) is 11.4. The minimum absolute atomic E-state index is 0.299. The minimum atomic E-state index is -1.28. The fourth-order valence-corrected chi connectivity index (χ4v) is 2.33. The first-order valence-corrected chi connectivity index (χ1v) is 6.46. The topological polar surface area (TPSA) is 75.3 Å². The van der Waals surface area contributed by atoms with Crippen molar-refractivity contribution in [2.75, 3.05) is 6.61 Å². The molecule has 1 aromatic carbocycles. The molecule has 0 aliphatic heterocycles. The third-order valence-electron chi connectivity index (χ3n) is 3.70. The van der Waals surface area contributed by atoms with Crippen molar-refractivity contribution in [3.8, 4) is 0 Å². The maximum absolute atomic E-state index is 11.7. The van der Waals surface area contributed by atoms with E-state index in [1.165, 1.54) is 0 Å². The fraction of sp³-hybridized carbons (Fsp3) is 0.333. The van der Waals surface area contributed by atoms with Gasteiger partial charge in [0.1, 0.15) is 11.2 Å². The van der Waals surface area contributed by atoms with E-state index in [0.29, 0.717) is 18.4 Å². The molecule has 1 unspecified atom stereocenters. The van der Waals surface area contributed by atoms with Crippen molar-refractivity contribution in [1.29, 1.82) is 0 Å². The normalized spacial score (nSPS) is 13.9. The molecule has 0 radical (unpaired) electrons. The standard InChI is InChI=1S/C15H18N2O3/c1-17-10-9-16-13(17)7-8-15(11-18,14(19)20)12-5-3-2-4-6-12/h2-6,9-10,18H,7-8,11H2,1H3,(H,19,20). The summed E-state index contributed by atoms with van der Waals surface area (Å²) in [7, 11) is 1.87. The number of rotatable bonds is 6. The lowest BCUT2D eigenvalue weighted by Gasteiger charge is -2.27. The van der Waals surface area contributed by atoms with Gasteiger partial charge in [0.15, 0.2) is 0 Å². The second-order valence-electron chi connectivity index (χ2n) is 4.87. The average Bonchev–Trinajstić information content (AvgIpc) is 2.86. The van der Waals surface area contributed by atoms with Gasteiger partial charge in [-0.3, -0.25) is 4.79 Å². The molecule has 0 amide bonds. The lowest BCUT2D eigenvalue weighted by molar-refractivity contribution is -0.146. The Balaban J connectivity index is 2.29. The second kappa shape index (κ2) is 5.88. The van der Waals surface area contributed by atoms with E-state index >= 15 is 0 Å². The lowest BCUT2D eigenvalue weighted by Crippen LogP contribution is -2.40. The molecular formula is C15H18N2O3. The Labute approximate surface area is 117 Å². The molecule has 2 aromatic rings. The first kappa shape index (κ1) is 14.3. The summed E-state index contributed by atoms with van der Waals surface area (Å²) in [6.45, 7) is -0.434. The second-order valence-corrected chi connectivity index (χ2v) is 4.87. The number of aliphatic hydroxyl groups is 1. The van der Waals surface area contributed by atoms with Crippen molar-refractivity contribution in [3.05, 3.63) is 54.1 Å². The number of hydrogen-bond donors (Lipinski definition) is 2. The van der Waals surface area contributed by atoms with Crippen LogP contribution in [0.1, 0.15) is 17.8 Å². The monoisotopic (exact) mass is 274 g/mol. The highest BCUT2D eigenvalue weighted by Gasteiger charge is 2.39. The molecule has 0 saturated carbocycles. The summed E-state index contributed by atoms with van der Waals surface area (Å²) < 4.78 is 1.86. The number of aliphatic carboxylic acids is 1. The van der Waals surface area contributed by atoms with Crippen LogP contribution in [0.15, 0.2) is 42.7 Å². The fourth-order valence-electron chi connectivity index (χ4n) is 2.33. The predicted octanol–water partition coefficient (Wildman–Crippen LogP) is 1.37. The molecule has 0 aliphatic carbocycles. The van der Waals surface area contributed by atoms with Crippen molar-refractivity contribution in [2.24, 2.45) is 7.05 Å². The quantitative estimate of drug-likeness (QED) is 0.834. The molecule has 2 N–H and O–H groups in total. The highest BCUT2D eigenvalue weighted by atomic mass is 16.4. The molecular weight excluding hydrogens is 256 g/mol. The van der Waals surface area contributed by atoms with Gasteiger partial charge in [0.25, 0.3) is 0 Å². The van der Waals surface area contributed by atoms with Crippen LogP contribution in [0.3, 0.4) is 0 Å². The molecule has 1 aromatic heterocycles. The summed E-state index contributed by atoms with van der Waals surface area (Å²) in [6.07, 6.45) is 4.29. The van der Waals surface area contributed by atoms with Crippen molar-refractivity contribution >= 4 is 5.97 Å². The summed E-state index contributed by atoms with van der Waals surface area (Å²) >= 11 is 0. The Kier molecular flexibility index (Phi) is 4.20. The largest absolute Gasteiger partial charge is 0.481 e. The molecule has 0 bridgehead atoms. The van der Waals surface area contributed by atoms with Crippen molar-refractivity contribution in [3.63, 3.8) is 0 Å². The minimum Gasteiger partial charge on any atom is -0.481 e. The Hall–Kier alpha value is -2.14. The number of carbonyl (C=O) groups is 1. The average molecular weight is 274 g/mol. The maximum Gasteiger partial charge on any atom is 0.316 e. The maximum atomic E-state index is 11.7. The molecule has 5 nitrogen and oxygen atoms in total. The Bertz CT molecular complexity index is 580. The van der Waals surface area contributed by atoms with Crippen LogP contribution in [0.5, 0.6) is 0 Å². The van der Waals surface area contributed by atoms with Gasteiger partial charge in [-0.15, -0.1) is 0 Å². The molecule has 0 fully saturated rings. The lowest BCUT2D eigenvalue weighted by atomic mass is 9.77. The summed E-state index contributed by atoms with van der Waals surface area (Å²) in [5.74, 6) is -0.208. The Morgan fingerprint density at radius 2 is 2.05 bits per heavy atom. The van der Waals surface area contributed by atoms with Crippen molar-refractivity contribution in [1.82, 2.24) is 9.55 Å². The van der Waals surface area contributed by atoms with E-state index in [2.05, 4.69) is 4.98 Å². The van der Waals surface area contributed by atoms with Crippen LogP contribution in [0, 0.1) is 0 Å². The van der Waals surface area contributed by atoms with Crippen LogP contribution in [0.4, 0.5) is 0 Å². The molecule has 2 rings (SSSR count). The van der Waals surface area contributed by atoms with Gasteiger partial charge < -0.3 is 14.8 Å². The number of nitrogens with zero attached hydrogens (tertiary/aromatic N) is 2. The Morgan fingerprint density at radius 1 is 1.35 bits per heavy atom. The summed E-state index contributed by atoms with van der Waals surface area (Å²) in [4.78, 5) is 15.9. The van der Waals surface area contributed by atoms with Gasteiger partial charge in [0.05, 0.1) is 6.61 Å². The molecule has 0 aliphatic rings. The summed E-state index contributed by atoms with van der Waals surface area (Å²) in [5.41, 5.74) is -0.670. The van der Waals surface area contributed by atoms with Gasteiger partial charge in [-0.05, 0) is 12.0 Å².